The van der Waals surface area contributed by atoms with Crippen molar-refractivity contribution in [1.82, 2.24) is 29.1 Å². The van der Waals surface area contributed by atoms with Crippen LogP contribution in [0.4, 0.5) is 0 Å². The molecule has 0 bridgehead atoms. The van der Waals surface area contributed by atoms with Crippen molar-refractivity contribution in [3.05, 3.63) is 23.1 Å². The van der Waals surface area contributed by atoms with E-state index in [0.29, 0.717) is 29.5 Å². The molecule has 1 aromatic heterocycles. The van der Waals surface area contributed by atoms with E-state index in [4.69, 9.17) is 4.98 Å². The Balaban J connectivity index is 1.05. The summed E-state index contributed by atoms with van der Waals surface area (Å²) in [6.07, 6.45) is 68.0. The third-order valence-electron chi connectivity index (χ3n) is 14.8. The summed E-state index contributed by atoms with van der Waals surface area (Å²) in [7, 11) is 0. The van der Waals surface area contributed by atoms with Crippen LogP contribution in [0.2, 0.25) is 0 Å². The molecule has 0 N–H and O–H groups in total. The molecule has 66 heavy (non-hydrogen) atoms. The Hall–Kier alpha value is -2.31. The van der Waals surface area contributed by atoms with Gasteiger partial charge in [-0.15, -0.1) is 0 Å². The lowest BCUT2D eigenvalue weighted by Crippen LogP contribution is -2.17. The van der Waals surface area contributed by atoms with Crippen LogP contribution in [0, 0.1) is 5.92 Å². The second kappa shape index (κ2) is 41.6. The van der Waals surface area contributed by atoms with Crippen molar-refractivity contribution in [1.29, 1.82) is 0 Å². The van der Waals surface area contributed by atoms with Crippen molar-refractivity contribution in [2.75, 3.05) is 0 Å². The number of nitrogens with zero attached hydrogens (tertiary/aromatic N) is 6. The number of fused-ring (bicyclic) bond motifs is 3. The monoisotopic (exact) mass is 917 g/mol. The lowest BCUT2D eigenvalue weighted by atomic mass is 10.0. The molecule has 7 nitrogen and oxygen atoms in total. The number of hydrogen-bond donors (Lipinski definition) is 0. The topological polar surface area (TPSA) is 78.5 Å². The molecule has 0 spiro atoms. The first kappa shape index (κ1) is 58.0. The van der Waals surface area contributed by atoms with Crippen molar-refractivity contribution in [2.24, 2.45) is 5.92 Å². The van der Waals surface area contributed by atoms with Crippen molar-refractivity contribution < 1.29 is 0 Å². The fourth-order valence-corrected chi connectivity index (χ4v) is 10.4. The second-order valence-electron chi connectivity index (χ2n) is 21.3. The highest BCUT2D eigenvalue weighted by molar-refractivity contribution is 5.85. The fraction of sp³-hybridized carbons (Fsp3) is 0.881. The quantitative estimate of drug-likeness (QED) is 0.0527. The normalized spacial score (nSPS) is 12.3. The van der Waals surface area contributed by atoms with Gasteiger partial charge in [-0.2, -0.15) is 4.98 Å². The maximum atomic E-state index is 13.0. The minimum absolute atomic E-state index is 0.213. The molecule has 1 atom stereocenters. The smallest absolute Gasteiger partial charge is 0.315 e. The highest BCUT2D eigenvalue weighted by Crippen LogP contribution is 2.25. The van der Waals surface area contributed by atoms with Crippen LogP contribution in [0.1, 0.15) is 316 Å². The van der Waals surface area contributed by atoms with Crippen LogP contribution in [0.25, 0.3) is 22.7 Å². The predicted octanol–water partition coefficient (Wildman–Crippen LogP) is 19.1. The van der Waals surface area contributed by atoms with Crippen LogP contribution in [-0.4, -0.2) is 29.1 Å². The zero-order chi connectivity index (χ0) is 46.8. The minimum atomic E-state index is -0.213. The molecule has 0 aliphatic carbocycles. The van der Waals surface area contributed by atoms with E-state index in [1.54, 1.807) is 10.9 Å². The number of unbranched alkanes of at least 4 members (excludes halogenated alkanes) is 43. The first-order valence-electron chi connectivity index (χ1n) is 29.7. The third-order valence-corrected chi connectivity index (χ3v) is 14.8. The van der Waals surface area contributed by atoms with Gasteiger partial charge in [-0.05, 0) is 18.8 Å². The average molecular weight is 918 g/mol. The lowest BCUT2D eigenvalue weighted by molar-refractivity contribution is 0.428. The number of hydrogen-bond acceptors (Lipinski definition) is 5. The summed E-state index contributed by atoms with van der Waals surface area (Å²) in [5, 5.41) is 0. The van der Waals surface area contributed by atoms with E-state index < -0.39 is 0 Å². The van der Waals surface area contributed by atoms with Gasteiger partial charge in [-0.3, -0.25) is 4.57 Å². The molecule has 0 amide bonds. The van der Waals surface area contributed by atoms with Crippen molar-refractivity contribution >= 4 is 11.2 Å². The van der Waals surface area contributed by atoms with Gasteiger partial charge in [-0.1, -0.05) is 303 Å². The molecular weight excluding hydrogens is 809 g/mol. The predicted molar refractivity (Wildman–Crippen MR) is 287 cm³/mol. The van der Waals surface area contributed by atoms with Crippen LogP contribution in [0.3, 0.4) is 0 Å². The van der Waals surface area contributed by atoms with E-state index in [2.05, 4.69) is 40.3 Å². The first-order valence-corrected chi connectivity index (χ1v) is 29.7. The number of aromatic nitrogens is 6. The van der Waals surface area contributed by atoms with Gasteiger partial charge in [0, 0.05) is 13.1 Å². The van der Waals surface area contributed by atoms with Gasteiger partial charge in [0.25, 0.3) is 0 Å². The Morgan fingerprint density at radius 3 is 1.12 bits per heavy atom. The molecule has 3 heterocycles. The van der Waals surface area contributed by atoms with Crippen LogP contribution >= 0.6 is 0 Å². The lowest BCUT2D eigenvalue weighted by Gasteiger charge is -2.12. The van der Waals surface area contributed by atoms with Gasteiger partial charge in [0.15, 0.2) is 11.5 Å². The summed E-state index contributed by atoms with van der Waals surface area (Å²) >= 11 is 0. The van der Waals surface area contributed by atoms with Crippen LogP contribution < -0.4 is 5.69 Å². The van der Waals surface area contributed by atoms with E-state index in [1.807, 2.05) is 6.33 Å². The third kappa shape index (κ3) is 28.2. The number of rotatable bonds is 49. The molecule has 0 saturated heterocycles. The maximum absolute atomic E-state index is 13.0. The van der Waals surface area contributed by atoms with E-state index in [1.165, 1.54) is 283 Å². The van der Waals surface area contributed by atoms with Gasteiger partial charge < -0.3 is 4.57 Å². The summed E-state index contributed by atoms with van der Waals surface area (Å²) in [6, 6.07) is 0. The molecule has 2 aliphatic rings. The molecule has 1 aromatic rings. The second-order valence-corrected chi connectivity index (χ2v) is 21.3. The van der Waals surface area contributed by atoms with Gasteiger partial charge in [0.1, 0.15) is 17.5 Å². The van der Waals surface area contributed by atoms with Crippen LogP contribution in [-0.2, 0) is 13.1 Å². The summed E-state index contributed by atoms with van der Waals surface area (Å²) in [5.41, 5.74) is 1.84. The van der Waals surface area contributed by atoms with Crippen LogP contribution in [0.15, 0.2) is 17.4 Å². The first-order chi connectivity index (χ1) is 32.7. The average Bonchev–Trinajstić information content (AvgIpc) is 3.80. The van der Waals surface area contributed by atoms with Crippen molar-refractivity contribution in [2.45, 2.75) is 329 Å². The summed E-state index contributed by atoms with van der Waals surface area (Å²) < 4.78 is 3.87. The fourth-order valence-electron chi connectivity index (χ4n) is 10.4. The van der Waals surface area contributed by atoms with E-state index >= 15 is 0 Å². The Morgan fingerprint density at radius 2 is 0.758 bits per heavy atom. The Labute approximate surface area is 408 Å². The molecule has 0 aromatic carbocycles. The molecular formula is C59H108N6O. The molecule has 0 saturated carbocycles. The zero-order valence-electron chi connectivity index (χ0n) is 44.3. The molecule has 0 fully saturated rings. The molecule has 0 radical (unpaired) electrons. The SMILES string of the molecule is CCCCCCCCCCCCCCCCCCCCCCCCCCCCCCCCCCCCCCn1c2ncnc3c(ncn3CC(C)CCCCCCCCCCC)c-2nc1=O. The Bertz CT molecular complexity index is 1530. The summed E-state index contributed by atoms with van der Waals surface area (Å²) in [4.78, 5) is 31.4. The maximum Gasteiger partial charge on any atom is 0.350 e. The minimum Gasteiger partial charge on any atom is -0.315 e. The van der Waals surface area contributed by atoms with E-state index in [9.17, 15) is 4.79 Å². The van der Waals surface area contributed by atoms with Crippen LogP contribution in [0.5, 0.6) is 0 Å². The molecule has 1 unspecified atom stereocenters. The molecule has 7 heteroatoms. The van der Waals surface area contributed by atoms with E-state index in [0.717, 1.165) is 25.0 Å². The van der Waals surface area contributed by atoms with Crippen molar-refractivity contribution in [3.8, 4) is 11.5 Å². The molecule has 3 rings (SSSR count). The molecule has 380 valence electrons. The van der Waals surface area contributed by atoms with Gasteiger partial charge in [0.2, 0.25) is 0 Å². The summed E-state index contributed by atoms with van der Waals surface area (Å²) in [5.74, 6) is 1.16. The standard InChI is InChI=1S/C59H108N6O/c1-4-6-8-10-12-14-15-16-17-18-19-20-21-22-23-24-25-26-27-28-29-30-31-32-33-34-35-36-37-38-39-40-42-44-46-48-50-65-58-56(63-59(65)66)55-57(60-52-61-58)64(53-62-55)51-54(3)49-47-45-43-41-13-11-9-7-5-2/h52-54H,4-51H2,1-3H3. The Kier molecular flexibility index (Phi) is 36.6. The molecule has 2 aliphatic heterocycles. The Morgan fingerprint density at radius 1 is 0.424 bits per heavy atom. The zero-order valence-corrected chi connectivity index (χ0v) is 44.3. The highest BCUT2D eigenvalue weighted by Gasteiger charge is 2.21. The van der Waals surface area contributed by atoms with E-state index in [-0.39, 0.29) is 5.69 Å². The van der Waals surface area contributed by atoms with Gasteiger partial charge in [-0.25, -0.2) is 19.7 Å². The summed E-state index contributed by atoms with van der Waals surface area (Å²) in [6.45, 7) is 8.44. The van der Waals surface area contributed by atoms with Gasteiger partial charge >= 0.3 is 5.69 Å². The number of imidazole rings is 2. The largest absolute Gasteiger partial charge is 0.350 e. The van der Waals surface area contributed by atoms with Gasteiger partial charge in [0.05, 0.1) is 6.33 Å². The van der Waals surface area contributed by atoms with Crippen molar-refractivity contribution in [3.63, 3.8) is 0 Å². The highest BCUT2D eigenvalue weighted by atomic mass is 16.1.